The molecule has 2 aromatic rings. The third-order valence-electron chi connectivity index (χ3n) is 2.76. The van der Waals surface area contributed by atoms with Gasteiger partial charge in [0.25, 0.3) is 5.56 Å². The Morgan fingerprint density at radius 2 is 2.11 bits per heavy atom. The van der Waals surface area contributed by atoms with Gasteiger partial charge in [-0.1, -0.05) is 6.92 Å². The molecule has 1 N–H and O–H groups in total. The Kier molecular flexibility index (Phi) is 3.61. The molecule has 0 unspecified atom stereocenters. The van der Waals surface area contributed by atoms with E-state index in [1.807, 2.05) is 6.92 Å². The van der Waals surface area contributed by atoms with Gasteiger partial charge in [-0.2, -0.15) is 0 Å². The maximum atomic E-state index is 12.2. The zero-order valence-corrected chi connectivity index (χ0v) is 10.5. The van der Waals surface area contributed by atoms with Crippen molar-refractivity contribution in [3.8, 4) is 0 Å². The first-order chi connectivity index (χ1) is 8.70. The molecule has 18 heavy (non-hydrogen) atoms. The van der Waals surface area contributed by atoms with Crippen molar-refractivity contribution in [2.45, 2.75) is 26.4 Å². The number of methoxy groups -OCH3 is 1. The van der Waals surface area contributed by atoms with Crippen LogP contribution >= 0.6 is 0 Å². The summed E-state index contributed by atoms with van der Waals surface area (Å²) in [5.41, 5.74) is 0.0927. The highest BCUT2D eigenvalue weighted by Crippen LogP contribution is 2.02. The van der Waals surface area contributed by atoms with Gasteiger partial charge in [0.1, 0.15) is 5.52 Å². The van der Waals surface area contributed by atoms with Gasteiger partial charge in [0.15, 0.2) is 5.65 Å². The van der Waals surface area contributed by atoms with E-state index in [4.69, 9.17) is 4.74 Å². The highest BCUT2D eigenvalue weighted by Gasteiger charge is 2.14. The number of nitrogens with zero attached hydrogens (tertiary/aromatic N) is 3. The van der Waals surface area contributed by atoms with Crippen molar-refractivity contribution in [3.05, 3.63) is 27.2 Å². The Hall–Kier alpha value is -1.89. The van der Waals surface area contributed by atoms with E-state index >= 15 is 0 Å². The Bertz CT molecular complexity index is 652. The molecule has 0 bridgehead atoms. The number of H-pyrrole nitrogens is 1. The Balaban J connectivity index is 2.70. The van der Waals surface area contributed by atoms with Crippen LogP contribution in [0.15, 0.2) is 15.9 Å². The second-order valence-corrected chi connectivity index (χ2v) is 3.98. The van der Waals surface area contributed by atoms with Crippen LogP contribution in [0.4, 0.5) is 0 Å². The number of rotatable bonds is 5. The minimum absolute atomic E-state index is 0.243. The highest BCUT2D eigenvalue weighted by atomic mass is 16.5. The molecule has 0 atom stereocenters. The number of fused-ring (bicyclic) bond motifs is 1. The van der Waals surface area contributed by atoms with Crippen molar-refractivity contribution in [1.82, 2.24) is 19.1 Å². The van der Waals surface area contributed by atoms with Crippen LogP contribution in [0.3, 0.4) is 0 Å². The zero-order chi connectivity index (χ0) is 13.1. The van der Waals surface area contributed by atoms with Crippen LogP contribution in [0, 0.1) is 0 Å². The van der Waals surface area contributed by atoms with E-state index in [1.54, 1.807) is 0 Å². The minimum Gasteiger partial charge on any atom is -0.383 e. The fourth-order valence-corrected chi connectivity index (χ4v) is 1.91. The molecule has 2 aromatic heterocycles. The third kappa shape index (κ3) is 1.97. The average molecular weight is 252 g/mol. The molecule has 0 radical (unpaired) electrons. The van der Waals surface area contributed by atoms with Crippen molar-refractivity contribution < 1.29 is 4.74 Å². The molecule has 0 saturated heterocycles. The Morgan fingerprint density at radius 1 is 1.33 bits per heavy atom. The molecule has 0 saturated carbocycles. The summed E-state index contributed by atoms with van der Waals surface area (Å²) in [6.45, 7) is 3.07. The molecular formula is C11H16N4O3. The Morgan fingerprint density at radius 3 is 2.78 bits per heavy atom. The largest absolute Gasteiger partial charge is 0.383 e. The molecule has 0 aliphatic heterocycles. The van der Waals surface area contributed by atoms with E-state index in [1.165, 1.54) is 22.6 Å². The quantitative estimate of drug-likeness (QED) is 0.808. The first-order valence-corrected chi connectivity index (χ1v) is 5.86. The molecule has 0 aromatic carbocycles. The molecule has 0 amide bonds. The van der Waals surface area contributed by atoms with Crippen LogP contribution in [0.2, 0.25) is 0 Å². The number of hydrogen-bond acceptors (Lipinski definition) is 4. The normalized spacial score (nSPS) is 11.2. The van der Waals surface area contributed by atoms with Crippen LogP contribution in [-0.4, -0.2) is 32.8 Å². The average Bonchev–Trinajstić information content (AvgIpc) is 2.84. The summed E-state index contributed by atoms with van der Waals surface area (Å²) >= 11 is 0. The number of aromatic nitrogens is 4. The van der Waals surface area contributed by atoms with Crippen LogP contribution in [0.1, 0.15) is 13.3 Å². The predicted molar refractivity (Wildman–Crippen MR) is 66.8 cm³/mol. The highest BCUT2D eigenvalue weighted by molar-refractivity contribution is 5.68. The minimum atomic E-state index is -0.350. The summed E-state index contributed by atoms with van der Waals surface area (Å²) in [5, 5.41) is 0. The second-order valence-electron chi connectivity index (χ2n) is 3.98. The van der Waals surface area contributed by atoms with Gasteiger partial charge in [-0.05, 0) is 6.42 Å². The SMILES string of the molecule is CCCn1c(=O)n(CCOC)c(=O)c2[nH]cnc21. The van der Waals surface area contributed by atoms with Crippen molar-refractivity contribution in [3.63, 3.8) is 0 Å². The fourth-order valence-electron chi connectivity index (χ4n) is 1.91. The molecule has 7 nitrogen and oxygen atoms in total. The van der Waals surface area contributed by atoms with Gasteiger partial charge in [-0.3, -0.25) is 13.9 Å². The van der Waals surface area contributed by atoms with E-state index in [0.717, 1.165) is 6.42 Å². The van der Waals surface area contributed by atoms with Crippen molar-refractivity contribution in [2.24, 2.45) is 0 Å². The lowest BCUT2D eigenvalue weighted by atomic mass is 10.4. The van der Waals surface area contributed by atoms with Gasteiger partial charge in [-0.15, -0.1) is 0 Å². The zero-order valence-electron chi connectivity index (χ0n) is 10.5. The summed E-state index contributed by atoms with van der Waals surface area (Å²) < 4.78 is 7.61. The van der Waals surface area contributed by atoms with Crippen molar-refractivity contribution in [2.75, 3.05) is 13.7 Å². The van der Waals surface area contributed by atoms with Crippen molar-refractivity contribution in [1.29, 1.82) is 0 Å². The summed E-state index contributed by atoms with van der Waals surface area (Å²) in [6.07, 6.45) is 2.22. The van der Waals surface area contributed by atoms with Crippen molar-refractivity contribution >= 4 is 11.2 Å². The number of nitrogens with one attached hydrogen (secondary N) is 1. The maximum absolute atomic E-state index is 12.2. The molecule has 98 valence electrons. The maximum Gasteiger partial charge on any atom is 0.332 e. The first kappa shape index (κ1) is 12.6. The first-order valence-electron chi connectivity index (χ1n) is 5.86. The summed E-state index contributed by atoms with van der Waals surface area (Å²) in [7, 11) is 1.53. The molecule has 0 aliphatic carbocycles. The molecule has 2 heterocycles. The van der Waals surface area contributed by atoms with Gasteiger partial charge in [0, 0.05) is 13.7 Å². The van der Waals surface area contributed by atoms with E-state index in [2.05, 4.69) is 9.97 Å². The number of aryl methyl sites for hydroxylation is 1. The summed E-state index contributed by atoms with van der Waals surface area (Å²) in [5.74, 6) is 0. The lowest BCUT2D eigenvalue weighted by molar-refractivity contribution is 0.184. The molecule has 0 aliphatic rings. The monoisotopic (exact) mass is 252 g/mol. The predicted octanol–water partition coefficient (Wildman–Crippen LogP) is -0.0573. The van der Waals surface area contributed by atoms with Crippen LogP contribution in [0.5, 0.6) is 0 Å². The van der Waals surface area contributed by atoms with Gasteiger partial charge >= 0.3 is 5.69 Å². The van der Waals surface area contributed by atoms with Gasteiger partial charge in [0.2, 0.25) is 0 Å². The van der Waals surface area contributed by atoms with Crippen LogP contribution in [0.25, 0.3) is 11.2 Å². The topological polar surface area (TPSA) is 81.9 Å². The molecule has 2 rings (SSSR count). The van der Waals surface area contributed by atoms with Crippen LogP contribution < -0.4 is 11.2 Å². The smallest absolute Gasteiger partial charge is 0.332 e. The van der Waals surface area contributed by atoms with Crippen LogP contribution in [-0.2, 0) is 17.8 Å². The van der Waals surface area contributed by atoms with E-state index in [0.29, 0.717) is 24.3 Å². The number of aromatic amines is 1. The lowest BCUT2D eigenvalue weighted by Gasteiger charge is -2.09. The van der Waals surface area contributed by atoms with Gasteiger partial charge in [-0.25, -0.2) is 9.78 Å². The van der Waals surface area contributed by atoms with E-state index in [-0.39, 0.29) is 17.8 Å². The lowest BCUT2D eigenvalue weighted by Crippen LogP contribution is -2.41. The molecular weight excluding hydrogens is 236 g/mol. The van der Waals surface area contributed by atoms with Gasteiger partial charge in [0.05, 0.1) is 19.5 Å². The Labute approximate surface area is 103 Å². The molecule has 7 heteroatoms. The standard InChI is InChI=1S/C11H16N4O3/c1-3-4-14-9-8(12-7-13-9)10(16)15(11(14)17)5-6-18-2/h7H,3-6H2,1-2H3,(H,12,13). The number of ether oxygens (including phenoxy) is 1. The van der Waals surface area contributed by atoms with E-state index < -0.39 is 0 Å². The van der Waals surface area contributed by atoms with E-state index in [9.17, 15) is 9.59 Å². The third-order valence-corrected chi connectivity index (χ3v) is 2.76. The molecule has 0 fully saturated rings. The number of imidazole rings is 1. The van der Waals surface area contributed by atoms with Gasteiger partial charge < -0.3 is 9.72 Å². The molecule has 0 spiro atoms. The second kappa shape index (κ2) is 5.18. The summed E-state index contributed by atoms with van der Waals surface area (Å²) in [4.78, 5) is 31.1. The number of hydrogen-bond donors (Lipinski definition) is 1. The summed E-state index contributed by atoms with van der Waals surface area (Å²) in [6, 6.07) is 0. The fraction of sp³-hybridized carbons (Fsp3) is 0.545.